The van der Waals surface area contributed by atoms with E-state index in [2.05, 4.69) is 16.0 Å². The number of Topliss-reactive ketones (excluding diaryl/α,β-unsaturated/α-hetero) is 1. The van der Waals surface area contributed by atoms with Gasteiger partial charge in [-0.1, -0.05) is 6.07 Å². The molecule has 0 saturated heterocycles. The quantitative estimate of drug-likeness (QED) is 0.741. The molecule has 0 aliphatic heterocycles. The van der Waals surface area contributed by atoms with Crippen LogP contribution in [0.2, 0.25) is 0 Å². The third kappa shape index (κ3) is 4.49. The number of hydrogen-bond acceptors (Lipinski definition) is 6. The van der Waals surface area contributed by atoms with Crippen LogP contribution in [-0.4, -0.2) is 22.7 Å². The summed E-state index contributed by atoms with van der Waals surface area (Å²) in [6, 6.07) is 8.62. The van der Waals surface area contributed by atoms with E-state index < -0.39 is 23.8 Å². The molecular formula is C20H17F3N4OS. The van der Waals surface area contributed by atoms with Gasteiger partial charge in [-0.15, -0.1) is 11.8 Å². The molecule has 3 rings (SSSR count). The summed E-state index contributed by atoms with van der Waals surface area (Å²) in [5.74, 6) is -0.825. The summed E-state index contributed by atoms with van der Waals surface area (Å²) in [6.45, 7) is 0. The van der Waals surface area contributed by atoms with Crippen LogP contribution < -0.4 is 5.73 Å². The van der Waals surface area contributed by atoms with Crippen LogP contribution in [0.15, 0.2) is 46.4 Å². The highest BCUT2D eigenvalue weighted by Gasteiger charge is 2.37. The van der Waals surface area contributed by atoms with Crippen molar-refractivity contribution in [3.63, 3.8) is 0 Å². The number of nitrogens with zero attached hydrogens (tertiary/aromatic N) is 3. The van der Waals surface area contributed by atoms with E-state index in [0.29, 0.717) is 23.3 Å². The molecule has 1 aromatic carbocycles. The van der Waals surface area contributed by atoms with Gasteiger partial charge < -0.3 is 5.73 Å². The molecule has 0 radical (unpaired) electrons. The fraction of sp³-hybridized carbons (Fsp3) is 0.300. The molecule has 2 atom stereocenters. The average Bonchev–Trinajstić information content (AvgIpc) is 3.06. The van der Waals surface area contributed by atoms with Crippen molar-refractivity contribution in [2.24, 2.45) is 16.6 Å². The van der Waals surface area contributed by atoms with Gasteiger partial charge in [0.1, 0.15) is 11.5 Å². The molecular weight excluding hydrogens is 401 g/mol. The predicted octanol–water partition coefficient (Wildman–Crippen LogP) is 4.45. The SMILES string of the molecule is CSc1cc(C#N)ccc1C(N)C1C(=O)CCC1=Nc1ccnc(C(F)(F)F)c1. The Balaban J connectivity index is 1.98. The zero-order valence-corrected chi connectivity index (χ0v) is 16.2. The van der Waals surface area contributed by atoms with Crippen LogP contribution in [0.1, 0.15) is 35.7 Å². The number of ketones is 1. The molecule has 1 aliphatic carbocycles. The molecule has 1 heterocycles. The number of nitrogens with two attached hydrogens (primary N) is 1. The molecule has 0 amide bonds. The molecule has 9 heteroatoms. The number of hydrogen-bond donors (Lipinski definition) is 1. The maximum Gasteiger partial charge on any atom is 0.433 e. The van der Waals surface area contributed by atoms with E-state index in [0.717, 1.165) is 17.2 Å². The lowest BCUT2D eigenvalue weighted by atomic mass is 9.90. The third-order valence-electron chi connectivity index (χ3n) is 4.72. The molecule has 2 N–H and O–H groups in total. The predicted molar refractivity (Wildman–Crippen MR) is 104 cm³/mol. The van der Waals surface area contributed by atoms with Gasteiger partial charge in [0.25, 0.3) is 0 Å². The van der Waals surface area contributed by atoms with Gasteiger partial charge in [-0.25, -0.2) is 0 Å². The summed E-state index contributed by atoms with van der Waals surface area (Å²) >= 11 is 1.41. The first-order chi connectivity index (χ1) is 13.7. The zero-order valence-electron chi connectivity index (χ0n) is 15.4. The summed E-state index contributed by atoms with van der Waals surface area (Å²) in [6.07, 6.45) is -1.12. The highest BCUT2D eigenvalue weighted by atomic mass is 32.2. The Hall–Kier alpha value is -2.70. The van der Waals surface area contributed by atoms with E-state index in [9.17, 15) is 18.0 Å². The number of carbonyl (C=O) groups is 1. The number of carbonyl (C=O) groups excluding carboxylic acids is 1. The third-order valence-corrected chi connectivity index (χ3v) is 5.51. The molecule has 0 bridgehead atoms. The van der Waals surface area contributed by atoms with Gasteiger partial charge in [-0.05, 0) is 42.5 Å². The number of benzene rings is 1. The minimum absolute atomic E-state index is 0.0825. The molecule has 1 aromatic heterocycles. The Kier molecular flexibility index (Phi) is 6.05. The smallest absolute Gasteiger partial charge is 0.323 e. The molecule has 29 heavy (non-hydrogen) atoms. The minimum Gasteiger partial charge on any atom is -0.323 e. The van der Waals surface area contributed by atoms with Gasteiger partial charge in [0.05, 0.1) is 23.2 Å². The molecule has 5 nitrogen and oxygen atoms in total. The van der Waals surface area contributed by atoms with Crippen LogP contribution in [0.3, 0.4) is 0 Å². The van der Waals surface area contributed by atoms with Crippen LogP contribution in [0.4, 0.5) is 18.9 Å². The summed E-state index contributed by atoms with van der Waals surface area (Å²) in [5, 5.41) is 9.08. The molecule has 2 unspecified atom stereocenters. The second-order valence-electron chi connectivity index (χ2n) is 6.54. The van der Waals surface area contributed by atoms with E-state index >= 15 is 0 Å². The Labute approximate surface area is 169 Å². The first kappa shape index (κ1) is 21.0. The van der Waals surface area contributed by atoms with Gasteiger partial charge >= 0.3 is 6.18 Å². The molecule has 0 spiro atoms. The maximum atomic E-state index is 12.9. The van der Waals surface area contributed by atoms with E-state index in [1.54, 1.807) is 18.2 Å². The van der Waals surface area contributed by atoms with Crippen molar-refractivity contribution in [3.8, 4) is 6.07 Å². The normalized spacial score (nSPS) is 19.4. The van der Waals surface area contributed by atoms with Crippen molar-refractivity contribution >= 4 is 28.9 Å². The van der Waals surface area contributed by atoms with E-state index in [4.69, 9.17) is 11.0 Å². The lowest BCUT2D eigenvalue weighted by molar-refractivity contribution is -0.141. The van der Waals surface area contributed by atoms with Crippen LogP contribution >= 0.6 is 11.8 Å². The second kappa shape index (κ2) is 8.35. The van der Waals surface area contributed by atoms with Crippen molar-refractivity contribution in [1.29, 1.82) is 5.26 Å². The molecule has 150 valence electrons. The van der Waals surface area contributed by atoms with E-state index in [1.165, 1.54) is 17.8 Å². The number of aliphatic imine (C=N–C) groups is 1. The Morgan fingerprint density at radius 1 is 1.31 bits per heavy atom. The fourth-order valence-electron chi connectivity index (χ4n) is 3.33. The first-order valence-corrected chi connectivity index (χ1v) is 9.94. The van der Waals surface area contributed by atoms with Gasteiger partial charge in [-0.2, -0.15) is 18.4 Å². The standard InChI is InChI=1S/C20H17F3N4OS/c1-29-16-8-11(10-24)2-3-13(16)19(25)18-14(4-5-15(18)28)27-12-6-7-26-17(9-12)20(21,22)23/h2-3,6-9,18-19H,4-5,25H2,1H3. The largest absolute Gasteiger partial charge is 0.433 e. The van der Waals surface area contributed by atoms with Gasteiger partial charge in [0.15, 0.2) is 0 Å². The van der Waals surface area contributed by atoms with Crippen molar-refractivity contribution in [2.45, 2.75) is 30.0 Å². The fourth-order valence-corrected chi connectivity index (χ4v) is 4.01. The summed E-state index contributed by atoms with van der Waals surface area (Å²) in [4.78, 5) is 20.9. The highest BCUT2D eigenvalue weighted by molar-refractivity contribution is 7.98. The van der Waals surface area contributed by atoms with E-state index in [1.807, 2.05) is 6.26 Å². The topological polar surface area (TPSA) is 92.1 Å². The Morgan fingerprint density at radius 2 is 2.07 bits per heavy atom. The second-order valence-corrected chi connectivity index (χ2v) is 7.39. The average molecular weight is 418 g/mol. The van der Waals surface area contributed by atoms with E-state index in [-0.39, 0.29) is 17.9 Å². The number of pyridine rings is 1. The van der Waals surface area contributed by atoms with Crippen LogP contribution in [0.5, 0.6) is 0 Å². The van der Waals surface area contributed by atoms with Crippen LogP contribution in [-0.2, 0) is 11.0 Å². The maximum absolute atomic E-state index is 12.9. The minimum atomic E-state index is -4.58. The number of thioether (sulfide) groups is 1. The number of nitriles is 1. The zero-order chi connectivity index (χ0) is 21.2. The van der Waals surface area contributed by atoms with Crippen molar-refractivity contribution in [2.75, 3.05) is 6.26 Å². The van der Waals surface area contributed by atoms with Crippen LogP contribution in [0, 0.1) is 17.2 Å². The summed E-state index contributed by atoms with van der Waals surface area (Å²) in [5.41, 5.74) is 7.09. The number of aromatic nitrogens is 1. The van der Waals surface area contributed by atoms with Crippen LogP contribution in [0.25, 0.3) is 0 Å². The van der Waals surface area contributed by atoms with Gasteiger partial charge in [0, 0.05) is 29.3 Å². The summed E-state index contributed by atoms with van der Waals surface area (Å²) < 4.78 is 38.7. The van der Waals surface area contributed by atoms with Crippen molar-refractivity contribution in [3.05, 3.63) is 53.3 Å². The van der Waals surface area contributed by atoms with Crippen molar-refractivity contribution < 1.29 is 18.0 Å². The van der Waals surface area contributed by atoms with Crippen molar-refractivity contribution in [1.82, 2.24) is 4.98 Å². The molecule has 1 aliphatic rings. The lowest BCUT2D eigenvalue weighted by Gasteiger charge is -2.22. The van der Waals surface area contributed by atoms with Gasteiger partial charge in [0.2, 0.25) is 0 Å². The molecule has 2 aromatic rings. The Morgan fingerprint density at radius 3 is 2.72 bits per heavy atom. The number of rotatable bonds is 4. The number of halogens is 3. The first-order valence-electron chi connectivity index (χ1n) is 8.71. The molecule has 1 fully saturated rings. The van der Waals surface area contributed by atoms with Gasteiger partial charge in [-0.3, -0.25) is 14.8 Å². The number of alkyl halides is 3. The summed E-state index contributed by atoms with van der Waals surface area (Å²) in [7, 11) is 0. The Bertz CT molecular complexity index is 1010. The highest BCUT2D eigenvalue weighted by Crippen LogP contribution is 2.36. The lowest BCUT2D eigenvalue weighted by Crippen LogP contribution is -2.30. The molecule has 1 saturated carbocycles. The monoisotopic (exact) mass is 418 g/mol.